The number of nitrogens with two attached hydrogens (primary N) is 1. The van der Waals surface area contributed by atoms with Crippen LogP contribution in [0.25, 0.3) is 0 Å². The van der Waals surface area contributed by atoms with Crippen LogP contribution in [0, 0.1) is 0 Å². The topological polar surface area (TPSA) is 50.8 Å². The van der Waals surface area contributed by atoms with E-state index in [-0.39, 0.29) is 5.75 Å². The lowest BCUT2D eigenvalue weighted by atomic mass is 10.1. The molecule has 4 nitrogen and oxygen atoms in total. The maximum absolute atomic E-state index is 12.2. The van der Waals surface area contributed by atoms with Crippen LogP contribution >= 0.6 is 0 Å². The molecular formula is C18H20F3N3O. The monoisotopic (exact) mass is 351 g/mol. The Hall–Kier alpha value is -2.54. The van der Waals surface area contributed by atoms with Gasteiger partial charge in [-0.15, -0.1) is 13.2 Å². The molecule has 0 unspecified atom stereocenters. The van der Waals surface area contributed by atoms with E-state index in [1.807, 2.05) is 31.2 Å². The van der Waals surface area contributed by atoms with Crippen LogP contribution in [0.5, 0.6) is 5.75 Å². The molecule has 2 rings (SSSR count). The number of rotatable bonds is 6. The van der Waals surface area contributed by atoms with E-state index >= 15 is 0 Å². The summed E-state index contributed by atoms with van der Waals surface area (Å²) in [5.74, 6) is -0.263. The van der Waals surface area contributed by atoms with Gasteiger partial charge in [0.15, 0.2) is 0 Å². The minimum Gasteiger partial charge on any atom is -0.406 e. The van der Waals surface area contributed by atoms with Crippen molar-refractivity contribution < 1.29 is 17.9 Å². The third kappa shape index (κ3) is 5.79. The molecule has 2 aromatic rings. The lowest BCUT2D eigenvalue weighted by Crippen LogP contribution is -2.17. The molecular weight excluding hydrogens is 331 g/mol. The van der Waals surface area contributed by atoms with Gasteiger partial charge in [0.05, 0.1) is 11.4 Å². The standard InChI is InChI=1S/C18H20F3N3O/c1-13(15-5-3-14(4-6-15)11-12-22)23-24(2)16-7-9-17(10-8-16)25-18(19,20)21/h3-10H,11-12,22H2,1-2H3/b23-13+. The van der Waals surface area contributed by atoms with E-state index in [2.05, 4.69) is 9.84 Å². The van der Waals surface area contributed by atoms with Crippen LogP contribution in [0.3, 0.4) is 0 Å². The van der Waals surface area contributed by atoms with Crippen molar-refractivity contribution in [2.45, 2.75) is 19.7 Å². The number of hydrogen-bond donors (Lipinski definition) is 1. The molecule has 0 atom stereocenters. The van der Waals surface area contributed by atoms with Gasteiger partial charge in [-0.1, -0.05) is 24.3 Å². The minimum atomic E-state index is -4.70. The Labute approximate surface area is 144 Å². The summed E-state index contributed by atoms with van der Waals surface area (Å²) < 4.78 is 40.4. The van der Waals surface area contributed by atoms with E-state index in [1.54, 1.807) is 12.1 Å². The fourth-order valence-corrected chi connectivity index (χ4v) is 2.28. The highest BCUT2D eigenvalue weighted by Crippen LogP contribution is 2.25. The quantitative estimate of drug-likeness (QED) is 0.633. The molecule has 0 bridgehead atoms. The number of anilines is 1. The largest absolute Gasteiger partial charge is 0.573 e. The number of hydrazone groups is 1. The number of nitrogens with zero attached hydrogens (tertiary/aromatic N) is 2. The number of benzene rings is 2. The van der Waals surface area contributed by atoms with Gasteiger partial charge in [0.1, 0.15) is 5.75 Å². The second-order valence-corrected chi connectivity index (χ2v) is 5.49. The minimum absolute atomic E-state index is 0.263. The fourth-order valence-electron chi connectivity index (χ4n) is 2.28. The van der Waals surface area contributed by atoms with Crippen LogP contribution in [0.1, 0.15) is 18.1 Å². The molecule has 0 aliphatic heterocycles. The van der Waals surface area contributed by atoms with Gasteiger partial charge < -0.3 is 10.5 Å². The van der Waals surface area contributed by atoms with Gasteiger partial charge in [0.2, 0.25) is 0 Å². The molecule has 0 saturated heterocycles. The van der Waals surface area contributed by atoms with Gasteiger partial charge in [-0.05, 0) is 55.3 Å². The lowest BCUT2D eigenvalue weighted by molar-refractivity contribution is -0.274. The average molecular weight is 351 g/mol. The predicted octanol–water partition coefficient (Wildman–Crippen LogP) is 3.95. The van der Waals surface area contributed by atoms with E-state index in [9.17, 15) is 13.2 Å². The van der Waals surface area contributed by atoms with Gasteiger partial charge in [0.25, 0.3) is 0 Å². The molecule has 0 aliphatic rings. The van der Waals surface area contributed by atoms with Crippen molar-refractivity contribution in [2.24, 2.45) is 10.8 Å². The smallest absolute Gasteiger partial charge is 0.406 e. The first-order chi connectivity index (χ1) is 11.8. The summed E-state index contributed by atoms with van der Waals surface area (Å²) in [6.07, 6.45) is -3.87. The zero-order valence-corrected chi connectivity index (χ0v) is 14.0. The summed E-state index contributed by atoms with van der Waals surface area (Å²) in [5.41, 5.74) is 9.09. The van der Waals surface area contributed by atoms with Crippen LogP contribution in [0.4, 0.5) is 18.9 Å². The Morgan fingerprint density at radius 2 is 1.68 bits per heavy atom. The van der Waals surface area contributed by atoms with E-state index in [0.29, 0.717) is 12.2 Å². The van der Waals surface area contributed by atoms with Crippen LogP contribution in [0.2, 0.25) is 0 Å². The second-order valence-electron chi connectivity index (χ2n) is 5.49. The third-order valence-corrected chi connectivity index (χ3v) is 3.55. The Bertz CT molecular complexity index is 710. The van der Waals surface area contributed by atoms with Crippen molar-refractivity contribution >= 4 is 11.4 Å². The van der Waals surface area contributed by atoms with Crippen LogP contribution in [-0.4, -0.2) is 25.7 Å². The Balaban J connectivity index is 2.08. The van der Waals surface area contributed by atoms with Crippen molar-refractivity contribution in [3.8, 4) is 5.75 Å². The van der Waals surface area contributed by atoms with Crippen molar-refractivity contribution in [1.82, 2.24) is 0 Å². The van der Waals surface area contributed by atoms with E-state index in [0.717, 1.165) is 23.3 Å². The second kappa shape index (κ2) is 8.02. The summed E-state index contributed by atoms with van der Waals surface area (Å²) in [4.78, 5) is 0. The lowest BCUT2D eigenvalue weighted by Gasteiger charge is -2.16. The number of alkyl halides is 3. The highest BCUT2D eigenvalue weighted by Gasteiger charge is 2.30. The maximum Gasteiger partial charge on any atom is 0.573 e. The maximum atomic E-state index is 12.2. The SMILES string of the molecule is C/C(=N\N(C)c1ccc(OC(F)(F)F)cc1)c1ccc(CCN)cc1. The molecule has 0 aliphatic carbocycles. The molecule has 0 heterocycles. The Kier molecular flexibility index (Phi) is 6.03. The summed E-state index contributed by atoms with van der Waals surface area (Å²) >= 11 is 0. The molecule has 0 spiro atoms. The summed E-state index contributed by atoms with van der Waals surface area (Å²) in [6.45, 7) is 2.47. The molecule has 0 amide bonds. The highest BCUT2D eigenvalue weighted by molar-refractivity contribution is 5.99. The molecule has 0 radical (unpaired) electrons. The summed E-state index contributed by atoms with van der Waals surface area (Å²) in [7, 11) is 1.73. The van der Waals surface area contributed by atoms with Gasteiger partial charge in [-0.25, -0.2) is 0 Å². The van der Waals surface area contributed by atoms with Crippen LogP contribution in [-0.2, 0) is 6.42 Å². The number of ether oxygens (including phenoxy) is 1. The Morgan fingerprint density at radius 1 is 1.08 bits per heavy atom. The average Bonchev–Trinajstić information content (AvgIpc) is 2.55. The molecule has 25 heavy (non-hydrogen) atoms. The zero-order chi connectivity index (χ0) is 18.4. The molecule has 7 heteroatoms. The van der Waals surface area contributed by atoms with Gasteiger partial charge in [-0.2, -0.15) is 5.10 Å². The first-order valence-corrected chi connectivity index (χ1v) is 7.72. The number of hydrogen-bond acceptors (Lipinski definition) is 4. The van der Waals surface area contributed by atoms with Crippen LogP contribution < -0.4 is 15.5 Å². The van der Waals surface area contributed by atoms with Crippen molar-refractivity contribution in [2.75, 3.05) is 18.6 Å². The predicted molar refractivity (Wildman–Crippen MR) is 92.9 cm³/mol. The molecule has 2 aromatic carbocycles. The van der Waals surface area contributed by atoms with Crippen molar-refractivity contribution in [3.63, 3.8) is 0 Å². The molecule has 134 valence electrons. The highest BCUT2D eigenvalue weighted by atomic mass is 19.4. The first kappa shape index (κ1) is 18.8. The van der Waals surface area contributed by atoms with Crippen molar-refractivity contribution in [1.29, 1.82) is 0 Å². The first-order valence-electron chi connectivity index (χ1n) is 7.72. The molecule has 0 saturated carbocycles. The normalized spacial score (nSPS) is 12.2. The summed E-state index contributed by atoms with van der Waals surface area (Å²) in [5, 5.41) is 6.06. The fraction of sp³-hybridized carbons (Fsp3) is 0.278. The summed E-state index contributed by atoms with van der Waals surface area (Å²) in [6, 6.07) is 13.5. The van der Waals surface area contributed by atoms with E-state index in [4.69, 9.17) is 5.73 Å². The third-order valence-electron chi connectivity index (χ3n) is 3.55. The van der Waals surface area contributed by atoms with Gasteiger partial charge >= 0.3 is 6.36 Å². The van der Waals surface area contributed by atoms with Gasteiger partial charge in [0, 0.05) is 7.05 Å². The van der Waals surface area contributed by atoms with E-state index in [1.165, 1.54) is 24.3 Å². The zero-order valence-electron chi connectivity index (χ0n) is 14.0. The van der Waals surface area contributed by atoms with E-state index < -0.39 is 6.36 Å². The molecule has 0 aromatic heterocycles. The van der Waals surface area contributed by atoms with Crippen LogP contribution in [0.15, 0.2) is 53.6 Å². The molecule has 0 fully saturated rings. The molecule has 2 N–H and O–H groups in total. The number of halogens is 3. The Morgan fingerprint density at radius 3 is 2.20 bits per heavy atom. The van der Waals surface area contributed by atoms with Crippen molar-refractivity contribution in [3.05, 3.63) is 59.7 Å². The van der Waals surface area contributed by atoms with Gasteiger partial charge in [-0.3, -0.25) is 5.01 Å².